The van der Waals surface area contributed by atoms with Gasteiger partial charge in [0.2, 0.25) is 5.95 Å². The molecule has 0 spiro atoms. The van der Waals surface area contributed by atoms with Crippen LogP contribution in [0.3, 0.4) is 0 Å². The molecule has 0 atom stereocenters. The van der Waals surface area contributed by atoms with Crippen LogP contribution in [-0.2, 0) is 6.54 Å². The molecule has 0 aliphatic heterocycles. The number of nitrogens with zero attached hydrogens (tertiary/aromatic N) is 2. The van der Waals surface area contributed by atoms with Gasteiger partial charge in [-0.15, -0.1) is 0 Å². The number of anilines is 1. The Hall–Kier alpha value is -0.870. The standard InChI is InChI=1S/C8H13ClN4/c1-2-3-11-5-6-4-7(9)13-8(10)12-6/h4,11H,2-3,5H2,1H3,(H2,10,12,13). The second kappa shape index (κ2) is 4.99. The molecule has 0 aliphatic carbocycles. The van der Waals surface area contributed by atoms with Crippen LogP contribution in [0.25, 0.3) is 0 Å². The molecule has 0 aromatic carbocycles. The van der Waals surface area contributed by atoms with E-state index >= 15 is 0 Å². The molecule has 0 aliphatic rings. The highest BCUT2D eigenvalue weighted by atomic mass is 35.5. The van der Waals surface area contributed by atoms with Crippen molar-refractivity contribution in [2.24, 2.45) is 0 Å². The maximum Gasteiger partial charge on any atom is 0.221 e. The monoisotopic (exact) mass is 200 g/mol. The first-order chi connectivity index (χ1) is 6.22. The van der Waals surface area contributed by atoms with Gasteiger partial charge >= 0.3 is 0 Å². The summed E-state index contributed by atoms with van der Waals surface area (Å²) >= 11 is 5.70. The highest BCUT2D eigenvalue weighted by Crippen LogP contribution is 2.07. The van der Waals surface area contributed by atoms with Crippen LogP contribution in [0.2, 0.25) is 5.15 Å². The van der Waals surface area contributed by atoms with Crippen molar-refractivity contribution in [1.82, 2.24) is 15.3 Å². The van der Waals surface area contributed by atoms with E-state index in [0.29, 0.717) is 11.7 Å². The quantitative estimate of drug-likeness (QED) is 0.567. The Morgan fingerprint density at radius 2 is 2.31 bits per heavy atom. The van der Waals surface area contributed by atoms with Gasteiger partial charge in [-0.05, 0) is 19.0 Å². The normalized spacial score (nSPS) is 10.3. The van der Waals surface area contributed by atoms with Crippen molar-refractivity contribution in [3.63, 3.8) is 0 Å². The first-order valence-electron chi connectivity index (χ1n) is 4.22. The molecule has 0 amide bonds. The average Bonchev–Trinajstić information content (AvgIpc) is 2.03. The predicted molar refractivity (Wildman–Crippen MR) is 53.5 cm³/mol. The molecule has 0 saturated carbocycles. The van der Waals surface area contributed by atoms with E-state index in [0.717, 1.165) is 18.7 Å². The summed E-state index contributed by atoms with van der Waals surface area (Å²) in [5.74, 6) is 0.223. The maximum absolute atomic E-state index is 5.70. The molecule has 0 fully saturated rings. The van der Waals surface area contributed by atoms with Gasteiger partial charge in [0.25, 0.3) is 0 Å². The number of rotatable bonds is 4. The summed E-state index contributed by atoms with van der Waals surface area (Å²) in [6.07, 6.45) is 1.09. The van der Waals surface area contributed by atoms with Crippen LogP contribution in [0.15, 0.2) is 6.07 Å². The van der Waals surface area contributed by atoms with Gasteiger partial charge in [0.05, 0.1) is 5.69 Å². The number of halogens is 1. The molecule has 0 bridgehead atoms. The summed E-state index contributed by atoms with van der Waals surface area (Å²) in [6.45, 7) is 3.75. The molecular formula is C8H13ClN4. The molecule has 72 valence electrons. The first-order valence-corrected chi connectivity index (χ1v) is 4.60. The van der Waals surface area contributed by atoms with Crippen LogP contribution in [0.1, 0.15) is 19.0 Å². The van der Waals surface area contributed by atoms with Gasteiger partial charge in [-0.25, -0.2) is 9.97 Å². The number of nitrogens with one attached hydrogen (secondary N) is 1. The minimum absolute atomic E-state index is 0.223. The van der Waals surface area contributed by atoms with Crippen molar-refractivity contribution < 1.29 is 0 Å². The lowest BCUT2D eigenvalue weighted by Gasteiger charge is -2.03. The highest BCUT2D eigenvalue weighted by Gasteiger charge is 1.99. The third-order valence-electron chi connectivity index (χ3n) is 1.50. The van der Waals surface area contributed by atoms with Gasteiger partial charge in [-0.3, -0.25) is 0 Å². The molecular weight excluding hydrogens is 188 g/mol. The minimum atomic E-state index is 0.223. The SMILES string of the molecule is CCCNCc1cc(Cl)nc(N)n1. The number of nitrogens with two attached hydrogens (primary N) is 1. The van der Waals surface area contributed by atoms with Gasteiger partial charge in [0.15, 0.2) is 0 Å². The van der Waals surface area contributed by atoms with E-state index in [4.69, 9.17) is 17.3 Å². The third-order valence-corrected chi connectivity index (χ3v) is 1.69. The van der Waals surface area contributed by atoms with Crippen molar-refractivity contribution in [3.05, 3.63) is 16.9 Å². The Labute approximate surface area is 82.5 Å². The fourth-order valence-electron chi connectivity index (χ4n) is 0.967. The lowest BCUT2D eigenvalue weighted by atomic mass is 10.4. The fourth-order valence-corrected chi connectivity index (χ4v) is 1.18. The van der Waals surface area contributed by atoms with Crippen molar-refractivity contribution in [1.29, 1.82) is 0 Å². The zero-order valence-electron chi connectivity index (χ0n) is 7.55. The molecule has 1 heterocycles. The Kier molecular flexibility index (Phi) is 3.92. The zero-order valence-corrected chi connectivity index (χ0v) is 8.30. The van der Waals surface area contributed by atoms with E-state index in [2.05, 4.69) is 22.2 Å². The minimum Gasteiger partial charge on any atom is -0.368 e. The summed E-state index contributed by atoms with van der Waals surface area (Å²) in [4.78, 5) is 7.79. The number of hydrogen-bond acceptors (Lipinski definition) is 4. The van der Waals surface area contributed by atoms with Crippen molar-refractivity contribution >= 4 is 17.5 Å². The molecule has 3 N–H and O–H groups in total. The highest BCUT2D eigenvalue weighted by molar-refractivity contribution is 6.29. The summed E-state index contributed by atoms with van der Waals surface area (Å²) in [7, 11) is 0. The van der Waals surface area contributed by atoms with E-state index in [1.54, 1.807) is 6.07 Å². The van der Waals surface area contributed by atoms with Gasteiger partial charge in [-0.1, -0.05) is 18.5 Å². The van der Waals surface area contributed by atoms with Crippen molar-refractivity contribution in [2.75, 3.05) is 12.3 Å². The average molecular weight is 201 g/mol. The lowest BCUT2D eigenvalue weighted by Crippen LogP contribution is -2.15. The molecule has 1 rings (SSSR count). The molecule has 5 heteroatoms. The van der Waals surface area contributed by atoms with Crippen LogP contribution >= 0.6 is 11.6 Å². The molecule has 13 heavy (non-hydrogen) atoms. The van der Waals surface area contributed by atoms with Gasteiger partial charge in [0.1, 0.15) is 5.15 Å². The summed E-state index contributed by atoms with van der Waals surface area (Å²) in [6, 6.07) is 1.71. The maximum atomic E-state index is 5.70. The van der Waals surface area contributed by atoms with Crippen LogP contribution in [0.5, 0.6) is 0 Å². The summed E-state index contributed by atoms with van der Waals surface area (Å²) < 4.78 is 0. The van der Waals surface area contributed by atoms with Crippen LogP contribution in [-0.4, -0.2) is 16.5 Å². The second-order valence-electron chi connectivity index (χ2n) is 2.72. The molecule has 1 aromatic heterocycles. The van der Waals surface area contributed by atoms with Gasteiger partial charge < -0.3 is 11.1 Å². The molecule has 4 nitrogen and oxygen atoms in total. The van der Waals surface area contributed by atoms with Crippen LogP contribution < -0.4 is 11.1 Å². The second-order valence-corrected chi connectivity index (χ2v) is 3.10. The number of aromatic nitrogens is 2. The van der Waals surface area contributed by atoms with Crippen molar-refractivity contribution in [2.45, 2.75) is 19.9 Å². The van der Waals surface area contributed by atoms with Crippen LogP contribution in [0.4, 0.5) is 5.95 Å². The Morgan fingerprint density at radius 1 is 1.54 bits per heavy atom. The van der Waals surface area contributed by atoms with Gasteiger partial charge in [0, 0.05) is 6.54 Å². The Balaban J connectivity index is 2.56. The van der Waals surface area contributed by atoms with Crippen molar-refractivity contribution in [3.8, 4) is 0 Å². The van der Waals surface area contributed by atoms with E-state index < -0.39 is 0 Å². The third kappa shape index (κ3) is 3.57. The zero-order chi connectivity index (χ0) is 9.68. The Morgan fingerprint density at radius 3 is 2.92 bits per heavy atom. The Bertz CT molecular complexity index is 257. The summed E-state index contributed by atoms with van der Waals surface area (Å²) in [5.41, 5.74) is 6.25. The van der Waals surface area contributed by atoms with E-state index in [-0.39, 0.29) is 5.95 Å². The summed E-state index contributed by atoms with van der Waals surface area (Å²) in [5, 5.41) is 3.59. The molecule has 0 unspecified atom stereocenters. The number of nitrogen functional groups attached to an aromatic ring is 1. The van der Waals surface area contributed by atoms with E-state index in [9.17, 15) is 0 Å². The lowest BCUT2D eigenvalue weighted by molar-refractivity contribution is 0.664. The van der Waals surface area contributed by atoms with Crippen LogP contribution in [0, 0.1) is 0 Å². The fraction of sp³-hybridized carbons (Fsp3) is 0.500. The van der Waals surface area contributed by atoms with Gasteiger partial charge in [-0.2, -0.15) is 0 Å². The number of hydrogen-bond donors (Lipinski definition) is 2. The predicted octanol–water partition coefficient (Wildman–Crippen LogP) is 1.21. The molecule has 1 aromatic rings. The molecule has 0 saturated heterocycles. The molecule has 0 radical (unpaired) electrons. The first kappa shape index (κ1) is 10.2. The van der Waals surface area contributed by atoms with E-state index in [1.165, 1.54) is 0 Å². The van der Waals surface area contributed by atoms with E-state index in [1.807, 2.05) is 0 Å². The largest absolute Gasteiger partial charge is 0.368 e. The smallest absolute Gasteiger partial charge is 0.221 e. The topological polar surface area (TPSA) is 63.8 Å².